The van der Waals surface area contributed by atoms with E-state index in [9.17, 15) is 19.6 Å². The molecule has 0 saturated heterocycles. The van der Waals surface area contributed by atoms with E-state index in [4.69, 9.17) is 0 Å². The van der Waals surface area contributed by atoms with E-state index in [0.29, 0.717) is 11.3 Å². The Morgan fingerprint density at radius 3 is 2.64 bits per heavy atom. The predicted molar refractivity (Wildman–Crippen MR) is 128 cm³/mol. The number of nitrogens with zero attached hydrogens (tertiary/aromatic N) is 2. The lowest BCUT2D eigenvalue weighted by Gasteiger charge is -2.06. The minimum absolute atomic E-state index is 0.00832. The highest BCUT2D eigenvalue weighted by atomic mass is 32.1. The Balaban J connectivity index is 1.52. The third-order valence-corrected chi connectivity index (χ3v) is 6.82. The van der Waals surface area contributed by atoms with Crippen LogP contribution in [0.4, 0.5) is 5.69 Å². The monoisotopic (exact) mass is 462 g/mol. The van der Waals surface area contributed by atoms with Crippen molar-refractivity contribution in [2.24, 2.45) is 10.2 Å². The fraction of sp³-hybridized carbons (Fsp3) is 0.240. The number of hydrogen-bond donors (Lipinski definition) is 1. The molecular formula is C25H22N2O5S. The molecule has 1 aromatic heterocycles. The van der Waals surface area contributed by atoms with Crippen molar-refractivity contribution in [3.8, 4) is 16.2 Å². The highest BCUT2D eigenvalue weighted by molar-refractivity contribution is 7.14. The lowest BCUT2D eigenvalue weighted by Crippen LogP contribution is -2.08. The summed E-state index contributed by atoms with van der Waals surface area (Å²) in [7, 11) is 1.20. The van der Waals surface area contributed by atoms with Gasteiger partial charge in [-0.05, 0) is 66.3 Å². The third kappa shape index (κ3) is 4.47. The average Bonchev–Trinajstić information content (AvgIpc) is 3.47. The molecule has 33 heavy (non-hydrogen) atoms. The number of methoxy groups -OCH3 is 1. The van der Waals surface area contributed by atoms with E-state index < -0.39 is 5.97 Å². The zero-order chi connectivity index (χ0) is 23.5. The van der Waals surface area contributed by atoms with Crippen molar-refractivity contribution in [1.82, 2.24) is 0 Å². The standard InChI is InChI=1S/C25H22N2O5S/c1-14(26-12-22(28)17-8-9-19(25(30)32-2)21(11-17)27-31)20-13-33-24(23(20)29)18-7-6-15-4-3-5-16(15)10-18/h6-11,13,29H,3-5,12H2,1-2H3. The first-order chi connectivity index (χ1) is 15.9. The maximum Gasteiger partial charge on any atom is 0.340 e. The zero-order valence-electron chi connectivity index (χ0n) is 18.3. The van der Waals surface area contributed by atoms with E-state index in [1.54, 1.807) is 6.92 Å². The number of carbonyl (C=O) groups excluding carboxylic acids is 2. The normalized spacial score (nSPS) is 13.0. The number of carbonyl (C=O) groups is 2. The predicted octanol–water partition coefficient (Wildman–Crippen LogP) is 5.49. The van der Waals surface area contributed by atoms with Crippen LogP contribution in [-0.4, -0.2) is 36.2 Å². The molecule has 0 amide bonds. The number of thiophene rings is 1. The number of aliphatic imine (C=N–C) groups is 1. The van der Waals surface area contributed by atoms with Crippen molar-refractivity contribution in [3.63, 3.8) is 0 Å². The van der Waals surface area contributed by atoms with Crippen molar-refractivity contribution < 1.29 is 19.4 Å². The van der Waals surface area contributed by atoms with Gasteiger partial charge in [0.1, 0.15) is 18.0 Å². The Kier molecular flexibility index (Phi) is 6.46. The van der Waals surface area contributed by atoms with Crippen molar-refractivity contribution in [2.75, 3.05) is 13.7 Å². The van der Waals surface area contributed by atoms with Crippen molar-refractivity contribution in [2.45, 2.75) is 26.2 Å². The summed E-state index contributed by atoms with van der Waals surface area (Å²) in [5.41, 5.74) is 4.84. The number of benzene rings is 2. The van der Waals surface area contributed by atoms with Crippen LogP contribution in [0.2, 0.25) is 0 Å². The van der Waals surface area contributed by atoms with Crippen LogP contribution in [0, 0.1) is 4.91 Å². The second-order valence-corrected chi connectivity index (χ2v) is 8.68. The fourth-order valence-electron chi connectivity index (χ4n) is 3.96. The molecule has 168 valence electrons. The molecule has 8 heteroatoms. The number of fused-ring (bicyclic) bond motifs is 1. The minimum Gasteiger partial charge on any atom is -0.506 e. The Labute approximate surface area is 194 Å². The summed E-state index contributed by atoms with van der Waals surface area (Å²) in [4.78, 5) is 40.5. The van der Waals surface area contributed by atoms with E-state index in [2.05, 4.69) is 27.0 Å². The maximum absolute atomic E-state index is 12.6. The van der Waals surface area contributed by atoms with Gasteiger partial charge in [-0.25, -0.2) is 4.79 Å². The van der Waals surface area contributed by atoms with E-state index in [1.807, 2.05) is 11.4 Å². The first kappa shape index (κ1) is 22.5. The topological polar surface area (TPSA) is 105 Å². The van der Waals surface area contributed by atoms with Crippen LogP contribution in [0.25, 0.3) is 10.4 Å². The number of ether oxygens (including phenoxy) is 1. The van der Waals surface area contributed by atoms with E-state index >= 15 is 0 Å². The summed E-state index contributed by atoms with van der Waals surface area (Å²) < 4.78 is 4.61. The van der Waals surface area contributed by atoms with Crippen LogP contribution < -0.4 is 0 Å². The number of Topliss-reactive ketones (excluding diaryl/α,β-unsaturated/α-hetero) is 1. The van der Waals surface area contributed by atoms with Gasteiger partial charge in [-0.2, -0.15) is 0 Å². The summed E-state index contributed by atoms with van der Waals surface area (Å²) in [6.45, 7) is 1.56. The van der Waals surface area contributed by atoms with Gasteiger partial charge < -0.3 is 9.84 Å². The lowest BCUT2D eigenvalue weighted by molar-refractivity contribution is 0.0601. The van der Waals surface area contributed by atoms with Crippen molar-refractivity contribution in [3.05, 3.63) is 74.5 Å². The first-order valence-corrected chi connectivity index (χ1v) is 11.3. The molecule has 0 bridgehead atoms. The van der Waals surface area contributed by atoms with E-state index in [-0.39, 0.29) is 34.9 Å². The maximum atomic E-state index is 12.6. The molecular weight excluding hydrogens is 440 g/mol. The minimum atomic E-state index is -0.704. The van der Waals surface area contributed by atoms with Gasteiger partial charge in [-0.3, -0.25) is 9.79 Å². The molecule has 0 fully saturated rings. The van der Waals surface area contributed by atoms with Gasteiger partial charge >= 0.3 is 5.97 Å². The number of rotatable bonds is 7. The molecule has 2 aromatic carbocycles. The smallest absolute Gasteiger partial charge is 0.340 e. The summed E-state index contributed by atoms with van der Waals surface area (Å²) in [5.74, 6) is -0.893. The number of aromatic hydroxyl groups is 1. The van der Waals surface area contributed by atoms with Crippen molar-refractivity contribution >= 4 is 34.5 Å². The Morgan fingerprint density at radius 1 is 1.09 bits per heavy atom. The van der Waals surface area contributed by atoms with Gasteiger partial charge in [-0.1, -0.05) is 18.2 Å². The highest BCUT2D eigenvalue weighted by Gasteiger charge is 2.19. The third-order valence-electron chi connectivity index (χ3n) is 5.80. The molecule has 1 aliphatic rings. The summed E-state index contributed by atoms with van der Waals surface area (Å²) >= 11 is 1.44. The van der Waals surface area contributed by atoms with Crippen LogP contribution >= 0.6 is 11.3 Å². The van der Waals surface area contributed by atoms with Gasteiger partial charge in [0.25, 0.3) is 0 Å². The van der Waals surface area contributed by atoms with Crippen LogP contribution in [-0.2, 0) is 17.6 Å². The van der Waals surface area contributed by atoms with Crippen molar-refractivity contribution in [1.29, 1.82) is 0 Å². The molecule has 0 atom stereocenters. The van der Waals surface area contributed by atoms with Gasteiger partial charge in [0.2, 0.25) is 0 Å². The van der Waals surface area contributed by atoms with Gasteiger partial charge in [-0.15, -0.1) is 16.2 Å². The Hall–Kier alpha value is -3.65. The molecule has 7 nitrogen and oxygen atoms in total. The number of ketones is 1. The molecule has 1 heterocycles. The number of nitroso groups, excluding NO2 is 1. The quantitative estimate of drug-likeness (QED) is 0.216. The van der Waals surface area contributed by atoms with Crippen LogP contribution in [0.5, 0.6) is 5.75 Å². The second-order valence-electron chi connectivity index (χ2n) is 7.80. The number of hydrogen-bond acceptors (Lipinski definition) is 8. The molecule has 0 radical (unpaired) electrons. The highest BCUT2D eigenvalue weighted by Crippen LogP contribution is 2.40. The molecule has 0 aliphatic heterocycles. The van der Waals surface area contributed by atoms with Gasteiger partial charge in [0.05, 0.1) is 17.6 Å². The molecule has 0 unspecified atom stereocenters. The summed E-state index contributed by atoms with van der Waals surface area (Å²) in [5, 5.41) is 15.5. The first-order valence-electron chi connectivity index (χ1n) is 10.5. The number of aryl methyl sites for hydroxylation is 2. The molecule has 3 aromatic rings. The molecule has 0 saturated carbocycles. The molecule has 1 aliphatic carbocycles. The summed E-state index contributed by atoms with van der Waals surface area (Å²) in [6.07, 6.45) is 3.33. The fourth-order valence-corrected chi connectivity index (χ4v) is 4.96. The number of esters is 1. The van der Waals surface area contributed by atoms with Crippen LogP contribution in [0.3, 0.4) is 0 Å². The molecule has 4 rings (SSSR count). The SMILES string of the molecule is COC(=O)c1ccc(C(=O)CN=C(C)c2csc(-c3ccc4c(c3)CCC4)c2O)cc1N=O. The summed E-state index contributed by atoms with van der Waals surface area (Å²) in [6, 6.07) is 10.3. The van der Waals surface area contributed by atoms with E-state index in [1.165, 1.54) is 47.8 Å². The molecule has 0 spiro atoms. The van der Waals surface area contributed by atoms with Gasteiger partial charge in [0.15, 0.2) is 5.78 Å². The largest absolute Gasteiger partial charge is 0.506 e. The zero-order valence-corrected chi connectivity index (χ0v) is 19.1. The molecule has 1 N–H and O–H groups in total. The average molecular weight is 463 g/mol. The van der Waals surface area contributed by atoms with Crippen LogP contribution in [0.1, 0.15) is 50.8 Å². The Bertz CT molecular complexity index is 1290. The second kappa shape index (κ2) is 9.46. The van der Waals surface area contributed by atoms with E-state index in [0.717, 1.165) is 29.7 Å². The van der Waals surface area contributed by atoms with Crippen LogP contribution in [0.15, 0.2) is 51.9 Å². The lowest BCUT2D eigenvalue weighted by atomic mass is 10.0. The van der Waals surface area contributed by atoms with Gasteiger partial charge in [0, 0.05) is 22.2 Å². The Morgan fingerprint density at radius 2 is 1.88 bits per heavy atom.